The second-order valence-electron chi connectivity index (χ2n) is 39.0. The third kappa shape index (κ3) is 60.8. The van der Waals surface area contributed by atoms with E-state index in [0.717, 1.165) is 257 Å². The quantitative estimate of drug-likeness (QED) is 0.0117. The maximum atomic E-state index is 15.5. The van der Waals surface area contributed by atoms with Crippen LogP contribution in [-0.4, -0.2) is 213 Å². The fourth-order valence-corrected chi connectivity index (χ4v) is 19.7. The van der Waals surface area contributed by atoms with Crippen LogP contribution in [0, 0.1) is 0 Å². The number of unbranched alkanes of at least 4 members (excludes halogenated alkanes) is 52. The van der Waals surface area contributed by atoms with E-state index in [0.29, 0.717) is 38.5 Å². The summed E-state index contributed by atoms with van der Waals surface area (Å²) < 4.78 is 95.3. The largest absolute Gasteiger partial charge is 0.475 e. The van der Waals surface area contributed by atoms with E-state index in [1.54, 1.807) is 0 Å². The number of aliphatic hydroxyl groups is 6. The molecule has 20 atom stereocenters. The lowest BCUT2D eigenvalue weighted by Crippen LogP contribution is -2.68. The molecule has 0 aromatic carbocycles. The van der Waals surface area contributed by atoms with Crippen molar-refractivity contribution < 1.29 is 130 Å². The summed E-state index contributed by atoms with van der Waals surface area (Å²) in [6.45, 7) is 11.3. The monoisotopic (exact) mass is 1950 g/mol. The Morgan fingerprint density at radius 3 is 1.08 bits per heavy atom. The molecule has 3 aliphatic heterocycles. The summed E-state index contributed by atoms with van der Waals surface area (Å²) in [5, 5.41) is 74.5. The van der Waals surface area contributed by atoms with Crippen molar-refractivity contribution in [1.82, 2.24) is 10.6 Å². The number of esters is 4. The van der Waals surface area contributed by atoms with E-state index in [-0.39, 0.29) is 38.5 Å². The molecule has 0 radical (unpaired) electrons. The normalized spacial score (nSPS) is 23.3. The van der Waals surface area contributed by atoms with Gasteiger partial charge in [-0.1, -0.05) is 388 Å². The zero-order valence-electron chi connectivity index (χ0n) is 84.4. The Labute approximate surface area is 808 Å². The first-order valence-corrected chi connectivity index (χ1v) is 57.5. The number of phosphoric ester groups is 1. The van der Waals surface area contributed by atoms with Gasteiger partial charge in [0.05, 0.1) is 63.8 Å². The van der Waals surface area contributed by atoms with Gasteiger partial charge in [-0.25, -0.2) is 4.57 Å². The summed E-state index contributed by atoms with van der Waals surface area (Å²) in [7, 11) is -10.5. The number of rotatable bonds is 88. The molecule has 0 aromatic heterocycles. The van der Waals surface area contributed by atoms with Crippen LogP contribution >= 0.6 is 15.4 Å². The molecule has 788 valence electrons. The van der Waals surface area contributed by atoms with Gasteiger partial charge in [0.1, 0.15) is 60.9 Å². The predicted molar refractivity (Wildman–Crippen MR) is 522 cm³/mol. The highest BCUT2D eigenvalue weighted by Gasteiger charge is 2.56. The zero-order chi connectivity index (χ0) is 98.3. The van der Waals surface area contributed by atoms with Crippen LogP contribution in [0.15, 0.2) is 0 Å². The number of amides is 2. The van der Waals surface area contributed by atoms with Gasteiger partial charge < -0.3 is 94.7 Å². The van der Waals surface area contributed by atoms with Crippen molar-refractivity contribution in [3.8, 4) is 0 Å². The molecule has 32 heteroatoms. The van der Waals surface area contributed by atoms with Gasteiger partial charge in [0.25, 0.3) is 0 Å². The van der Waals surface area contributed by atoms with Crippen molar-refractivity contribution in [1.29, 1.82) is 0 Å². The van der Waals surface area contributed by atoms with Crippen molar-refractivity contribution in [2.45, 2.75) is 588 Å². The van der Waals surface area contributed by atoms with E-state index in [4.69, 9.17) is 57.2 Å². The van der Waals surface area contributed by atoms with Crippen LogP contribution in [0.2, 0.25) is 0 Å². The predicted octanol–water partition coefficient (Wildman–Crippen LogP) is 20.5. The van der Waals surface area contributed by atoms with Crippen molar-refractivity contribution in [3.05, 3.63) is 0 Å². The maximum absolute atomic E-state index is 15.5. The molecule has 3 fully saturated rings. The van der Waals surface area contributed by atoms with E-state index >= 15 is 9.59 Å². The highest BCUT2D eigenvalue weighted by molar-refractivity contribution is 7.51. The Kier molecular flexibility index (Phi) is 73.7. The lowest BCUT2D eigenvalue weighted by molar-refractivity contribution is -0.297. The Bertz CT molecular complexity index is 3040. The van der Waals surface area contributed by atoms with Gasteiger partial charge in [-0.15, -0.1) is 0 Å². The third-order valence-corrected chi connectivity index (χ3v) is 27.7. The molecular weight excluding hydrogens is 1760 g/mol. The van der Waals surface area contributed by atoms with Gasteiger partial charge in [-0.2, -0.15) is 0 Å². The number of carbonyl (C=O) groups is 6. The standard InChI is InChI=1S/C102H193N3O27P2/c1-8-14-20-26-32-38-40-46-52-58-64-70-88(111)124-81(68-62-56-50-44-36-30-24-18-12-5)74-87(110)105-93-99(129-91(114)75-82(69-63-57-51-45-37-31-25-19-13-6)125-89(112)71-65-59-53-47-41-39-33-27-21-15-9-2)97(130-134(120,121)132-102-96(117)94(115)83(103)77-122-102)84(76-106)126-100(93)123-78-85-95(116)98(128-90(113)73-80(108)67-61-55-49-43-35-29-23-17-11-4)92(101(127-85)131-133(7,118)119)104-86(109)72-79(107)66-60-54-48-42-34-28-22-16-10-3/h79-85,92-102,106-108,115-117H,8-78,103H2,1-7H3,(H,104,109)(H,105,110)(H,118,119)(H,120,121)/t79-,80-,81-,82-,83-,84?,85?,92?,93?,94-,95?,96?,97?,98?,99?,100?,101?,102+/m0/s1. The molecule has 0 spiro atoms. The molecule has 2 amide bonds. The SMILES string of the molecule is CCCCCCCCCCCCCC(=O)O[C@@H](CCCCCCCCCCC)CC(=O)NC1C(OCC2OC(OP(C)(=O)O)C(NC(=O)C[C@@H](O)CCCCCCCCCCC)C(OC(=O)C[C@@H](O)CCCCCCCCCCC)C2O)OC(CO)C(OP(=O)(O)O[C@H]2OC[C@H](N)[C@H](O)C2O)C1OC(=O)C[C@H](CCCCCCCCCCC)OC(=O)CCCCCCCCCCCCC. The average Bonchev–Trinajstić information content (AvgIpc) is 0.698. The molecule has 12 N–H and O–H groups in total. The summed E-state index contributed by atoms with van der Waals surface area (Å²) in [4.78, 5) is 111. The number of hydrogen-bond acceptors (Lipinski definition) is 26. The van der Waals surface area contributed by atoms with Crippen LogP contribution in [0.4, 0.5) is 0 Å². The summed E-state index contributed by atoms with van der Waals surface area (Å²) in [6, 6.07) is -4.96. The first-order valence-electron chi connectivity index (χ1n) is 54.0. The molecule has 3 heterocycles. The summed E-state index contributed by atoms with van der Waals surface area (Å²) in [5.74, 6) is -5.01. The van der Waals surface area contributed by atoms with E-state index in [1.807, 2.05) is 0 Å². The third-order valence-electron chi connectivity index (χ3n) is 26.2. The molecule has 30 nitrogen and oxygen atoms in total. The van der Waals surface area contributed by atoms with Gasteiger partial charge in [0.15, 0.2) is 31.1 Å². The van der Waals surface area contributed by atoms with Gasteiger partial charge in [0, 0.05) is 19.5 Å². The molecule has 0 aliphatic carbocycles. The lowest BCUT2D eigenvalue weighted by atomic mass is 9.95. The molecular formula is C102H193N3O27P2. The minimum absolute atomic E-state index is 0.0547. The Morgan fingerprint density at radius 1 is 0.366 bits per heavy atom. The lowest BCUT2D eigenvalue weighted by Gasteiger charge is -2.47. The summed E-state index contributed by atoms with van der Waals surface area (Å²) in [5.41, 5.74) is 5.98. The number of nitrogens with two attached hydrogens (primary N) is 1. The van der Waals surface area contributed by atoms with E-state index in [9.17, 15) is 68.7 Å². The second kappa shape index (κ2) is 79.1. The Hall–Kier alpha value is -3.36. The van der Waals surface area contributed by atoms with Gasteiger partial charge in [-0.05, 0) is 51.4 Å². The molecule has 0 bridgehead atoms. The van der Waals surface area contributed by atoms with Crippen LogP contribution in [-0.2, 0) is 89.4 Å². The van der Waals surface area contributed by atoms with Crippen molar-refractivity contribution >= 4 is 51.1 Å². The van der Waals surface area contributed by atoms with Crippen LogP contribution in [0.25, 0.3) is 0 Å². The van der Waals surface area contributed by atoms with Crippen LogP contribution in [0.1, 0.15) is 478 Å². The van der Waals surface area contributed by atoms with Crippen LogP contribution in [0.3, 0.4) is 0 Å². The number of ether oxygens (including phenoxy) is 8. The molecule has 0 saturated carbocycles. The zero-order valence-corrected chi connectivity index (χ0v) is 86.2. The number of aliphatic hydroxyl groups excluding tert-OH is 6. The Balaban J connectivity index is 2.31. The summed E-state index contributed by atoms with van der Waals surface area (Å²) in [6.07, 6.45) is 30.3. The first kappa shape index (κ1) is 125. The van der Waals surface area contributed by atoms with Crippen molar-refractivity contribution in [2.24, 2.45) is 5.73 Å². The molecule has 3 rings (SSSR count). The fourth-order valence-electron chi connectivity index (χ4n) is 18.1. The van der Waals surface area contributed by atoms with E-state index < -0.39 is 207 Å². The molecule has 0 aromatic rings. The average molecular weight is 1960 g/mol. The smallest absolute Gasteiger partial charge is 0.462 e. The maximum Gasteiger partial charge on any atom is 0.475 e. The van der Waals surface area contributed by atoms with Crippen molar-refractivity contribution in [2.75, 3.05) is 26.5 Å². The number of hydrogen-bond donors (Lipinski definition) is 11. The number of phosphoric acid groups is 1. The Morgan fingerprint density at radius 2 is 0.694 bits per heavy atom. The minimum Gasteiger partial charge on any atom is -0.462 e. The first-order chi connectivity index (χ1) is 64.6. The molecule has 3 aliphatic rings. The van der Waals surface area contributed by atoms with Gasteiger partial charge in [0.2, 0.25) is 11.8 Å². The second-order valence-corrected chi connectivity index (χ2v) is 42.1. The van der Waals surface area contributed by atoms with Crippen molar-refractivity contribution in [3.63, 3.8) is 0 Å². The highest BCUT2D eigenvalue weighted by atomic mass is 31.2. The van der Waals surface area contributed by atoms with Crippen LogP contribution in [0.5, 0.6) is 0 Å². The highest BCUT2D eigenvalue weighted by Crippen LogP contribution is 2.50. The minimum atomic E-state index is -5.78. The van der Waals surface area contributed by atoms with E-state index in [2.05, 4.69) is 52.2 Å². The molecule has 134 heavy (non-hydrogen) atoms. The van der Waals surface area contributed by atoms with Crippen LogP contribution < -0.4 is 16.4 Å². The molecule has 13 unspecified atom stereocenters. The number of carbonyl (C=O) groups excluding carboxylic acids is 6. The summed E-state index contributed by atoms with van der Waals surface area (Å²) >= 11 is 0. The fraction of sp³-hybridized carbons (Fsp3) is 0.941. The van der Waals surface area contributed by atoms with E-state index in [1.165, 1.54) is 83.5 Å². The topological polar surface area (TPSA) is 450 Å². The molecule has 3 saturated heterocycles. The number of nitrogens with one attached hydrogen (secondary N) is 2. The van der Waals surface area contributed by atoms with Gasteiger partial charge >= 0.3 is 39.3 Å². The van der Waals surface area contributed by atoms with Gasteiger partial charge in [-0.3, -0.25) is 46.9 Å².